The van der Waals surface area contributed by atoms with Crippen LogP contribution in [-0.4, -0.2) is 54.0 Å². The van der Waals surface area contributed by atoms with Gasteiger partial charge in [0.2, 0.25) is 5.95 Å². The van der Waals surface area contributed by atoms with Crippen molar-refractivity contribution >= 4 is 17.5 Å². The molecule has 1 N–H and O–H groups in total. The van der Waals surface area contributed by atoms with Gasteiger partial charge in [-0.3, -0.25) is 4.79 Å². The fraction of sp³-hybridized carbons (Fsp3) is 0.476. The van der Waals surface area contributed by atoms with E-state index in [-0.39, 0.29) is 5.91 Å². The number of anilines is 2. The molecule has 2 heterocycles. The molecular weight excluding hydrogens is 338 g/mol. The SMILES string of the molecule is CCc1cccc(CC)c1NC(=O)c1cc(C)nc(N2CCN(C)CC2)n1. The van der Waals surface area contributed by atoms with Gasteiger partial charge in [0.15, 0.2) is 0 Å². The molecule has 1 amide bonds. The second-order valence-corrected chi connectivity index (χ2v) is 7.10. The first kappa shape index (κ1) is 19.3. The molecule has 2 aromatic rings. The third-order valence-electron chi connectivity index (χ3n) is 5.10. The summed E-state index contributed by atoms with van der Waals surface area (Å²) >= 11 is 0. The van der Waals surface area contributed by atoms with Crippen LogP contribution in [0.5, 0.6) is 0 Å². The van der Waals surface area contributed by atoms with Crippen LogP contribution < -0.4 is 10.2 Å². The Balaban J connectivity index is 1.85. The van der Waals surface area contributed by atoms with Gasteiger partial charge in [-0.1, -0.05) is 32.0 Å². The van der Waals surface area contributed by atoms with Crippen molar-refractivity contribution in [2.24, 2.45) is 0 Å². The number of likely N-dealkylation sites (N-methyl/N-ethyl adjacent to an activating group) is 1. The van der Waals surface area contributed by atoms with E-state index in [0.29, 0.717) is 11.6 Å². The van der Waals surface area contributed by atoms with Crippen molar-refractivity contribution in [3.8, 4) is 0 Å². The molecule has 0 aliphatic carbocycles. The van der Waals surface area contributed by atoms with Crippen molar-refractivity contribution in [2.45, 2.75) is 33.6 Å². The molecule has 0 saturated carbocycles. The first-order valence-electron chi connectivity index (χ1n) is 9.73. The summed E-state index contributed by atoms with van der Waals surface area (Å²) < 4.78 is 0. The summed E-state index contributed by atoms with van der Waals surface area (Å²) in [6.07, 6.45) is 1.75. The monoisotopic (exact) mass is 367 g/mol. The minimum Gasteiger partial charge on any atom is -0.338 e. The van der Waals surface area contributed by atoms with Crippen LogP contribution in [0.2, 0.25) is 0 Å². The van der Waals surface area contributed by atoms with Crippen molar-refractivity contribution < 1.29 is 4.79 Å². The van der Waals surface area contributed by atoms with Crippen LogP contribution in [0.15, 0.2) is 24.3 Å². The third-order valence-corrected chi connectivity index (χ3v) is 5.10. The normalized spacial score (nSPS) is 15.0. The van der Waals surface area contributed by atoms with E-state index >= 15 is 0 Å². The van der Waals surface area contributed by atoms with E-state index in [0.717, 1.165) is 61.5 Å². The molecule has 0 bridgehead atoms. The van der Waals surface area contributed by atoms with Gasteiger partial charge in [-0.05, 0) is 44.0 Å². The van der Waals surface area contributed by atoms with Gasteiger partial charge in [0.25, 0.3) is 5.91 Å². The molecule has 1 aliphatic heterocycles. The number of amides is 1. The topological polar surface area (TPSA) is 61.4 Å². The summed E-state index contributed by atoms with van der Waals surface area (Å²) in [4.78, 5) is 26.5. The Morgan fingerprint density at radius 3 is 2.30 bits per heavy atom. The number of nitrogens with one attached hydrogen (secondary N) is 1. The molecule has 0 unspecified atom stereocenters. The molecule has 27 heavy (non-hydrogen) atoms. The molecule has 1 aromatic heterocycles. The van der Waals surface area contributed by atoms with Gasteiger partial charge in [0.05, 0.1) is 0 Å². The average Bonchev–Trinajstić information content (AvgIpc) is 2.68. The summed E-state index contributed by atoms with van der Waals surface area (Å²) in [5.74, 6) is 0.471. The van der Waals surface area contributed by atoms with Crippen molar-refractivity contribution in [2.75, 3.05) is 43.4 Å². The first-order valence-corrected chi connectivity index (χ1v) is 9.73. The lowest BCUT2D eigenvalue weighted by molar-refractivity contribution is 0.102. The minimum atomic E-state index is -0.175. The summed E-state index contributed by atoms with van der Waals surface area (Å²) in [6, 6.07) is 7.94. The second-order valence-electron chi connectivity index (χ2n) is 7.10. The van der Waals surface area contributed by atoms with Crippen LogP contribution in [-0.2, 0) is 12.8 Å². The van der Waals surface area contributed by atoms with E-state index < -0.39 is 0 Å². The minimum absolute atomic E-state index is 0.175. The van der Waals surface area contributed by atoms with Crippen LogP contribution in [0.4, 0.5) is 11.6 Å². The lowest BCUT2D eigenvalue weighted by Gasteiger charge is -2.32. The van der Waals surface area contributed by atoms with E-state index in [1.807, 2.05) is 13.0 Å². The highest BCUT2D eigenvalue weighted by Crippen LogP contribution is 2.23. The molecule has 6 nitrogen and oxygen atoms in total. The summed E-state index contributed by atoms with van der Waals surface area (Å²) in [6.45, 7) is 9.81. The van der Waals surface area contributed by atoms with Gasteiger partial charge >= 0.3 is 0 Å². The number of hydrogen-bond donors (Lipinski definition) is 1. The molecule has 3 rings (SSSR count). The van der Waals surface area contributed by atoms with Crippen molar-refractivity contribution in [1.82, 2.24) is 14.9 Å². The number of aromatic nitrogens is 2. The molecule has 0 spiro atoms. The zero-order valence-corrected chi connectivity index (χ0v) is 16.7. The predicted molar refractivity (Wildman–Crippen MR) is 110 cm³/mol. The number of benzene rings is 1. The molecule has 1 aliphatic rings. The van der Waals surface area contributed by atoms with E-state index in [1.54, 1.807) is 6.07 Å². The Labute approximate surface area is 161 Å². The van der Waals surface area contributed by atoms with E-state index in [9.17, 15) is 4.79 Å². The third kappa shape index (κ3) is 4.45. The summed E-state index contributed by atoms with van der Waals surface area (Å²) in [7, 11) is 2.11. The summed E-state index contributed by atoms with van der Waals surface area (Å²) in [5.41, 5.74) is 4.44. The summed E-state index contributed by atoms with van der Waals surface area (Å²) in [5, 5.41) is 3.11. The Morgan fingerprint density at radius 2 is 1.70 bits per heavy atom. The highest BCUT2D eigenvalue weighted by molar-refractivity contribution is 6.04. The zero-order chi connectivity index (χ0) is 19.4. The van der Waals surface area contributed by atoms with Gasteiger partial charge < -0.3 is 15.1 Å². The van der Waals surface area contributed by atoms with E-state index in [2.05, 4.69) is 58.1 Å². The Morgan fingerprint density at radius 1 is 1.07 bits per heavy atom. The van der Waals surface area contributed by atoms with Crippen LogP contribution in [0, 0.1) is 6.92 Å². The molecule has 144 valence electrons. The Bertz CT molecular complexity index is 790. The number of nitrogens with zero attached hydrogens (tertiary/aromatic N) is 4. The van der Waals surface area contributed by atoms with E-state index in [1.165, 1.54) is 0 Å². The number of hydrogen-bond acceptors (Lipinski definition) is 5. The van der Waals surface area contributed by atoms with Crippen molar-refractivity contribution in [1.29, 1.82) is 0 Å². The fourth-order valence-corrected chi connectivity index (χ4v) is 3.40. The maximum Gasteiger partial charge on any atom is 0.274 e. The lowest BCUT2D eigenvalue weighted by Crippen LogP contribution is -2.45. The number of carbonyl (C=O) groups is 1. The molecule has 1 saturated heterocycles. The molecule has 0 radical (unpaired) electrons. The molecule has 1 fully saturated rings. The van der Waals surface area contributed by atoms with Crippen molar-refractivity contribution in [3.05, 3.63) is 46.8 Å². The quantitative estimate of drug-likeness (QED) is 0.880. The fourth-order valence-electron chi connectivity index (χ4n) is 3.40. The molecule has 1 aromatic carbocycles. The number of aryl methyl sites for hydroxylation is 3. The van der Waals surface area contributed by atoms with Gasteiger partial charge in [-0.15, -0.1) is 0 Å². The molecular formula is C21H29N5O. The highest BCUT2D eigenvalue weighted by Gasteiger charge is 2.20. The molecule has 6 heteroatoms. The number of carbonyl (C=O) groups excluding carboxylic acids is 1. The van der Waals surface area contributed by atoms with E-state index in [4.69, 9.17) is 0 Å². The number of piperazine rings is 1. The largest absolute Gasteiger partial charge is 0.338 e. The average molecular weight is 367 g/mol. The number of para-hydroxylation sites is 1. The van der Waals surface area contributed by atoms with Crippen molar-refractivity contribution in [3.63, 3.8) is 0 Å². The zero-order valence-electron chi connectivity index (χ0n) is 16.7. The van der Waals surface area contributed by atoms with Gasteiger partial charge in [-0.2, -0.15) is 0 Å². The smallest absolute Gasteiger partial charge is 0.274 e. The van der Waals surface area contributed by atoms with Crippen LogP contribution in [0.1, 0.15) is 41.2 Å². The Hall–Kier alpha value is -2.47. The Kier molecular flexibility index (Phi) is 6.06. The standard InChI is InChI=1S/C21H29N5O/c1-5-16-8-7-9-17(6-2)19(16)24-20(27)18-14-15(3)22-21(23-18)26-12-10-25(4)11-13-26/h7-9,14H,5-6,10-13H2,1-4H3,(H,24,27). The highest BCUT2D eigenvalue weighted by atomic mass is 16.1. The predicted octanol–water partition coefficient (Wildman–Crippen LogP) is 2.91. The van der Waals surface area contributed by atoms with Gasteiger partial charge in [0.1, 0.15) is 5.69 Å². The van der Waals surface area contributed by atoms with Gasteiger partial charge in [-0.25, -0.2) is 9.97 Å². The maximum atomic E-state index is 13.0. The molecule has 0 atom stereocenters. The van der Waals surface area contributed by atoms with Crippen LogP contribution in [0.25, 0.3) is 0 Å². The first-order chi connectivity index (χ1) is 13.0. The number of rotatable bonds is 5. The maximum absolute atomic E-state index is 13.0. The van der Waals surface area contributed by atoms with Gasteiger partial charge in [0, 0.05) is 37.6 Å². The van der Waals surface area contributed by atoms with Crippen LogP contribution >= 0.6 is 0 Å². The lowest BCUT2D eigenvalue weighted by atomic mass is 10.0. The second kappa shape index (κ2) is 8.48. The van der Waals surface area contributed by atoms with Crippen LogP contribution in [0.3, 0.4) is 0 Å².